The maximum Gasteiger partial charge on any atom is 0.586 e. The van der Waals surface area contributed by atoms with Gasteiger partial charge in [-0.15, -0.1) is 13.9 Å². The monoisotopic (exact) mass is 352 g/mol. The topological polar surface area (TPSA) is 61.2 Å². The van der Waals surface area contributed by atoms with Gasteiger partial charge < -0.3 is 14.8 Å². The Morgan fingerprint density at radius 2 is 1.68 bits per heavy atom. The van der Waals surface area contributed by atoms with Crippen LogP contribution >= 0.6 is 0 Å². The Bertz CT molecular complexity index is 940. The molecule has 1 aliphatic heterocycles. The van der Waals surface area contributed by atoms with Crippen molar-refractivity contribution in [2.45, 2.75) is 6.29 Å². The molecule has 10 heteroatoms. The predicted molar refractivity (Wildman–Crippen MR) is 77.2 cm³/mol. The normalized spacial score (nSPS) is 14.6. The number of hydrogen-bond donors (Lipinski definition) is 1. The number of nitrogens with one attached hydrogen (secondary N) is 1. The summed E-state index contributed by atoms with van der Waals surface area (Å²) >= 11 is 0. The van der Waals surface area contributed by atoms with Crippen molar-refractivity contribution in [3.05, 3.63) is 54.4 Å². The number of aromatic nitrogens is 3. The third-order valence-electron chi connectivity index (χ3n) is 3.26. The van der Waals surface area contributed by atoms with E-state index in [0.717, 1.165) is 22.9 Å². The van der Waals surface area contributed by atoms with Crippen LogP contribution < -0.4 is 14.8 Å². The maximum absolute atomic E-state index is 13.3. The average molecular weight is 352 g/mol. The van der Waals surface area contributed by atoms with Gasteiger partial charge in [-0.3, -0.25) is 0 Å². The lowest BCUT2D eigenvalue weighted by atomic mass is 10.3. The summed E-state index contributed by atoms with van der Waals surface area (Å²) in [5.74, 6) is -1.64. The molecule has 1 N–H and O–H groups in total. The standard InChI is InChI=1S/C15H8F4N4O2/c16-8-3-9(17)5-11(4-8)23-7-20-14(22-23)21-10-1-2-12-13(6-10)25-15(18,19)24-12/h1-7H,(H,21,22). The molecule has 128 valence electrons. The fourth-order valence-corrected chi connectivity index (χ4v) is 2.27. The van der Waals surface area contributed by atoms with Crippen molar-refractivity contribution >= 4 is 11.6 Å². The SMILES string of the molecule is Fc1cc(F)cc(-n2cnc(Nc3ccc4c(c3)OC(F)(F)O4)n2)c1. The van der Waals surface area contributed by atoms with Crippen LogP contribution in [0, 0.1) is 11.6 Å². The van der Waals surface area contributed by atoms with Crippen LogP contribution in [0.25, 0.3) is 5.69 Å². The summed E-state index contributed by atoms with van der Waals surface area (Å²) in [6.07, 6.45) is -2.46. The molecule has 0 aliphatic carbocycles. The van der Waals surface area contributed by atoms with Gasteiger partial charge in [0, 0.05) is 17.8 Å². The number of alkyl halides is 2. The van der Waals surface area contributed by atoms with Crippen molar-refractivity contribution in [2.24, 2.45) is 0 Å². The molecular weight excluding hydrogens is 344 g/mol. The first kappa shape index (κ1) is 15.2. The Kier molecular flexibility index (Phi) is 3.27. The Labute approximate surface area is 137 Å². The van der Waals surface area contributed by atoms with Crippen LogP contribution in [-0.4, -0.2) is 21.1 Å². The number of halogens is 4. The molecule has 25 heavy (non-hydrogen) atoms. The molecule has 4 rings (SSSR count). The van der Waals surface area contributed by atoms with E-state index in [4.69, 9.17) is 0 Å². The van der Waals surface area contributed by atoms with E-state index in [-0.39, 0.29) is 23.1 Å². The van der Waals surface area contributed by atoms with Gasteiger partial charge in [0.15, 0.2) is 11.5 Å². The molecule has 1 aliphatic rings. The number of ether oxygens (including phenoxy) is 2. The molecule has 3 aromatic rings. The van der Waals surface area contributed by atoms with Gasteiger partial charge in [0.05, 0.1) is 5.69 Å². The van der Waals surface area contributed by atoms with Crippen molar-refractivity contribution in [1.29, 1.82) is 0 Å². The van der Waals surface area contributed by atoms with E-state index in [9.17, 15) is 17.6 Å². The maximum atomic E-state index is 13.3. The summed E-state index contributed by atoms with van der Waals surface area (Å²) in [5.41, 5.74) is 0.506. The molecule has 6 nitrogen and oxygen atoms in total. The van der Waals surface area contributed by atoms with Crippen LogP contribution in [0.2, 0.25) is 0 Å². The molecule has 0 bridgehead atoms. The zero-order valence-electron chi connectivity index (χ0n) is 12.2. The second-order valence-corrected chi connectivity index (χ2v) is 5.09. The summed E-state index contributed by atoms with van der Waals surface area (Å²) in [6.45, 7) is 0. The summed E-state index contributed by atoms with van der Waals surface area (Å²) in [4.78, 5) is 3.94. The minimum Gasteiger partial charge on any atom is -0.395 e. The Balaban J connectivity index is 1.56. The minimum absolute atomic E-state index is 0.0929. The van der Waals surface area contributed by atoms with E-state index in [1.807, 2.05) is 0 Å². The predicted octanol–water partition coefficient (Wildman–Crippen LogP) is 3.61. The van der Waals surface area contributed by atoms with Gasteiger partial charge in [0.25, 0.3) is 0 Å². The van der Waals surface area contributed by atoms with Crippen LogP contribution in [0.15, 0.2) is 42.7 Å². The van der Waals surface area contributed by atoms with Gasteiger partial charge in [0.2, 0.25) is 5.95 Å². The molecule has 0 atom stereocenters. The van der Waals surface area contributed by atoms with Crippen LogP contribution in [-0.2, 0) is 0 Å². The van der Waals surface area contributed by atoms with E-state index in [1.54, 1.807) is 0 Å². The number of hydrogen-bond acceptors (Lipinski definition) is 5. The Morgan fingerprint density at radius 3 is 2.44 bits per heavy atom. The molecular formula is C15H8F4N4O2. The van der Waals surface area contributed by atoms with Gasteiger partial charge in [0.1, 0.15) is 18.0 Å². The molecule has 0 saturated carbocycles. The zero-order valence-corrected chi connectivity index (χ0v) is 12.2. The van der Waals surface area contributed by atoms with E-state index in [0.29, 0.717) is 5.69 Å². The minimum atomic E-state index is -3.71. The van der Waals surface area contributed by atoms with E-state index < -0.39 is 17.9 Å². The fraction of sp³-hybridized carbons (Fsp3) is 0.0667. The summed E-state index contributed by atoms with van der Waals surface area (Å²) in [6, 6.07) is 6.97. The van der Waals surface area contributed by atoms with Gasteiger partial charge >= 0.3 is 6.29 Å². The van der Waals surface area contributed by atoms with Gasteiger partial charge in [-0.2, -0.15) is 4.98 Å². The van der Waals surface area contributed by atoms with Crippen LogP contribution in [0.1, 0.15) is 0 Å². The molecule has 1 aromatic heterocycles. The van der Waals surface area contributed by atoms with Crippen molar-refractivity contribution < 1.29 is 27.0 Å². The molecule has 0 unspecified atom stereocenters. The first-order chi connectivity index (χ1) is 11.9. The highest BCUT2D eigenvalue weighted by atomic mass is 19.3. The van der Waals surface area contributed by atoms with E-state index in [2.05, 4.69) is 24.9 Å². The third kappa shape index (κ3) is 3.05. The second-order valence-electron chi connectivity index (χ2n) is 5.09. The highest BCUT2D eigenvalue weighted by Crippen LogP contribution is 2.42. The number of benzene rings is 2. The van der Waals surface area contributed by atoms with E-state index in [1.165, 1.54) is 24.5 Å². The molecule has 0 saturated heterocycles. The molecule has 0 radical (unpaired) electrons. The van der Waals surface area contributed by atoms with Crippen LogP contribution in [0.3, 0.4) is 0 Å². The second kappa shape index (κ2) is 5.36. The number of fused-ring (bicyclic) bond motifs is 1. The van der Waals surface area contributed by atoms with Crippen LogP contribution in [0.4, 0.5) is 29.2 Å². The summed E-state index contributed by atoms with van der Waals surface area (Å²) in [5, 5.41) is 6.79. The van der Waals surface area contributed by atoms with Crippen molar-refractivity contribution in [2.75, 3.05) is 5.32 Å². The highest BCUT2D eigenvalue weighted by molar-refractivity contribution is 5.60. The number of nitrogens with zero attached hydrogens (tertiary/aromatic N) is 3. The first-order valence-corrected chi connectivity index (χ1v) is 6.93. The van der Waals surface area contributed by atoms with E-state index >= 15 is 0 Å². The number of anilines is 2. The molecule has 0 fully saturated rings. The van der Waals surface area contributed by atoms with Crippen molar-refractivity contribution in [3.63, 3.8) is 0 Å². The first-order valence-electron chi connectivity index (χ1n) is 6.93. The molecule has 0 spiro atoms. The third-order valence-corrected chi connectivity index (χ3v) is 3.26. The summed E-state index contributed by atoms with van der Waals surface area (Å²) < 4.78 is 62.3. The quantitative estimate of drug-likeness (QED) is 0.730. The molecule has 2 aromatic carbocycles. The summed E-state index contributed by atoms with van der Waals surface area (Å²) in [7, 11) is 0. The van der Waals surface area contributed by atoms with Crippen molar-refractivity contribution in [1.82, 2.24) is 14.8 Å². The number of rotatable bonds is 3. The fourth-order valence-electron chi connectivity index (χ4n) is 2.27. The van der Waals surface area contributed by atoms with Gasteiger partial charge in [-0.1, -0.05) is 0 Å². The van der Waals surface area contributed by atoms with Crippen molar-refractivity contribution in [3.8, 4) is 17.2 Å². The lowest BCUT2D eigenvalue weighted by Gasteiger charge is -2.04. The van der Waals surface area contributed by atoms with Gasteiger partial charge in [-0.05, 0) is 24.3 Å². The molecule has 0 amide bonds. The lowest BCUT2D eigenvalue weighted by molar-refractivity contribution is -0.286. The van der Waals surface area contributed by atoms with Gasteiger partial charge in [-0.25, -0.2) is 13.5 Å². The Hall–Kier alpha value is -3.30. The lowest BCUT2D eigenvalue weighted by Crippen LogP contribution is -2.25. The molecule has 2 heterocycles. The van der Waals surface area contributed by atoms with Crippen LogP contribution in [0.5, 0.6) is 11.5 Å². The Morgan fingerprint density at radius 1 is 0.960 bits per heavy atom. The smallest absolute Gasteiger partial charge is 0.395 e. The largest absolute Gasteiger partial charge is 0.586 e. The zero-order chi connectivity index (χ0) is 17.6. The average Bonchev–Trinajstić information content (AvgIpc) is 3.08. The highest BCUT2D eigenvalue weighted by Gasteiger charge is 2.43.